The maximum Gasteiger partial charge on any atom is 0.313 e. The van der Waals surface area contributed by atoms with Gasteiger partial charge in [-0.3, -0.25) is 9.36 Å². The zero-order chi connectivity index (χ0) is 13.0. The van der Waals surface area contributed by atoms with Gasteiger partial charge >= 0.3 is 5.97 Å². The topological polar surface area (TPSA) is 80.5 Å². The first-order valence-corrected chi connectivity index (χ1v) is 6.73. The quantitative estimate of drug-likeness (QED) is 0.785. The maximum absolute atomic E-state index is 10.5. The molecule has 0 unspecified atom stereocenters. The second kappa shape index (κ2) is 6.05. The molecular formula is C10H16N4O3S. The number of thioether (sulfide) groups is 1. The van der Waals surface area contributed by atoms with Crippen molar-refractivity contribution in [2.24, 2.45) is 7.05 Å². The molecule has 1 aromatic rings. The van der Waals surface area contributed by atoms with Gasteiger partial charge in [-0.2, -0.15) is 0 Å². The molecule has 0 atom stereocenters. The molecule has 0 bridgehead atoms. The van der Waals surface area contributed by atoms with Gasteiger partial charge in [-0.05, 0) is 6.42 Å². The van der Waals surface area contributed by atoms with Gasteiger partial charge in [-0.15, -0.1) is 10.2 Å². The third-order valence-corrected chi connectivity index (χ3v) is 3.65. The van der Waals surface area contributed by atoms with Crippen molar-refractivity contribution in [1.29, 1.82) is 0 Å². The lowest BCUT2D eigenvalue weighted by Crippen LogP contribution is -2.28. The lowest BCUT2D eigenvalue weighted by molar-refractivity contribution is -0.133. The number of aromatic nitrogens is 3. The van der Waals surface area contributed by atoms with Crippen molar-refractivity contribution in [2.75, 3.05) is 37.0 Å². The standard InChI is InChI=1S/C10H16N4O3S/c1-13-9(14-3-2-5-17-6-4-14)11-12-10(13)18-7-8(15)16/h2-7H2,1H3,(H,15,16). The van der Waals surface area contributed by atoms with E-state index in [1.54, 1.807) is 0 Å². The van der Waals surface area contributed by atoms with Crippen molar-refractivity contribution in [3.8, 4) is 0 Å². The molecule has 2 heterocycles. The Morgan fingerprint density at radius 3 is 3.06 bits per heavy atom. The molecule has 1 aliphatic rings. The van der Waals surface area contributed by atoms with Crippen molar-refractivity contribution >= 4 is 23.7 Å². The zero-order valence-electron chi connectivity index (χ0n) is 10.2. The summed E-state index contributed by atoms with van der Waals surface area (Å²) in [7, 11) is 1.85. The summed E-state index contributed by atoms with van der Waals surface area (Å²) in [6.07, 6.45) is 0.963. The van der Waals surface area contributed by atoms with Gasteiger partial charge in [0.15, 0.2) is 5.16 Å². The predicted molar refractivity (Wildman–Crippen MR) is 67.0 cm³/mol. The SMILES string of the molecule is Cn1c(SCC(=O)O)nnc1N1CCCOCC1. The first-order chi connectivity index (χ1) is 8.68. The number of carbonyl (C=O) groups is 1. The fraction of sp³-hybridized carbons (Fsp3) is 0.700. The summed E-state index contributed by atoms with van der Waals surface area (Å²) in [6, 6.07) is 0. The first-order valence-electron chi connectivity index (χ1n) is 5.75. The van der Waals surface area contributed by atoms with Crippen molar-refractivity contribution in [2.45, 2.75) is 11.6 Å². The third-order valence-electron chi connectivity index (χ3n) is 2.64. The molecule has 1 aromatic heterocycles. The molecule has 1 fully saturated rings. The molecular weight excluding hydrogens is 256 g/mol. The monoisotopic (exact) mass is 272 g/mol. The van der Waals surface area contributed by atoms with Crippen LogP contribution in [0.25, 0.3) is 0 Å². The molecule has 18 heavy (non-hydrogen) atoms. The number of nitrogens with zero attached hydrogens (tertiary/aromatic N) is 4. The Hall–Kier alpha value is -1.28. The van der Waals surface area contributed by atoms with Crippen molar-refractivity contribution in [1.82, 2.24) is 14.8 Å². The summed E-state index contributed by atoms with van der Waals surface area (Å²) < 4.78 is 7.22. The van der Waals surface area contributed by atoms with Gasteiger partial charge < -0.3 is 14.7 Å². The smallest absolute Gasteiger partial charge is 0.313 e. The largest absolute Gasteiger partial charge is 0.481 e. The Labute approximate surface area is 109 Å². The third kappa shape index (κ3) is 3.14. The van der Waals surface area contributed by atoms with E-state index in [9.17, 15) is 4.79 Å². The zero-order valence-corrected chi connectivity index (χ0v) is 11.0. The highest BCUT2D eigenvalue weighted by atomic mass is 32.2. The van der Waals surface area contributed by atoms with Crippen LogP contribution in [-0.4, -0.2) is 57.9 Å². The number of rotatable bonds is 4. The van der Waals surface area contributed by atoms with E-state index >= 15 is 0 Å². The summed E-state index contributed by atoms with van der Waals surface area (Å²) in [6.45, 7) is 3.13. The van der Waals surface area contributed by atoms with Gasteiger partial charge in [0.1, 0.15) is 0 Å². The number of hydrogen-bond acceptors (Lipinski definition) is 6. The van der Waals surface area contributed by atoms with Crippen molar-refractivity contribution in [3.05, 3.63) is 0 Å². The van der Waals surface area contributed by atoms with Crippen LogP contribution in [0.5, 0.6) is 0 Å². The van der Waals surface area contributed by atoms with Gasteiger partial charge in [-0.25, -0.2) is 0 Å². The summed E-state index contributed by atoms with van der Waals surface area (Å²) >= 11 is 1.18. The van der Waals surface area contributed by atoms with Crippen LogP contribution >= 0.6 is 11.8 Å². The number of anilines is 1. The molecule has 1 saturated heterocycles. The maximum atomic E-state index is 10.5. The molecule has 8 heteroatoms. The van der Waals surface area contributed by atoms with Crippen LogP contribution in [0.4, 0.5) is 5.95 Å². The van der Waals surface area contributed by atoms with E-state index in [1.807, 2.05) is 11.6 Å². The van der Waals surface area contributed by atoms with E-state index in [-0.39, 0.29) is 5.75 Å². The second-order valence-electron chi connectivity index (χ2n) is 3.98. The van der Waals surface area contributed by atoms with E-state index in [0.717, 1.165) is 32.1 Å². The molecule has 2 rings (SSSR count). The summed E-state index contributed by atoms with van der Waals surface area (Å²) in [5.41, 5.74) is 0. The van der Waals surface area contributed by atoms with E-state index in [2.05, 4.69) is 15.1 Å². The number of carboxylic acids is 1. The summed E-state index contributed by atoms with van der Waals surface area (Å²) in [5.74, 6) is -0.0872. The molecule has 7 nitrogen and oxygen atoms in total. The van der Waals surface area contributed by atoms with Gasteiger partial charge in [0.2, 0.25) is 5.95 Å². The fourth-order valence-corrected chi connectivity index (χ4v) is 2.41. The van der Waals surface area contributed by atoms with Crippen molar-refractivity contribution in [3.63, 3.8) is 0 Å². The molecule has 0 spiro atoms. The molecule has 0 amide bonds. The Morgan fingerprint density at radius 1 is 1.44 bits per heavy atom. The van der Waals surface area contributed by atoms with Crippen LogP contribution < -0.4 is 4.90 Å². The second-order valence-corrected chi connectivity index (χ2v) is 4.92. The lowest BCUT2D eigenvalue weighted by Gasteiger charge is -2.19. The normalized spacial score (nSPS) is 16.6. The van der Waals surface area contributed by atoms with E-state index in [1.165, 1.54) is 11.8 Å². The Kier molecular flexibility index (Phi) is 4.43. The number of hydrogen-bond donors (Lipinski definition) is 1. The van der Waals surface area contributed by atoms with Crippen LogP contribution in [0.15, 0.2) is 5.16 Å². The highest BCUT2D eigenvalue weighted by Gasteiger charge is 2.18. The highest BCUT2D eigenvalue weighted by Crippen LogP contribution is 2.20. The number of ether oxygens (including phenoxy) is 1. The fourth-order valence-electron chi connectivity index (χ4n) is 1.78. The minimum Gasteiger partial charge on any atom is -0.481 e. The van der Waals surface area contributed by atoms with Crippen LogP contribution in [-0.2, 0) is 16.6 Å². The average Bonchev–Trinajstić information content (AvgIpc) is 2.56. The van der Waals surface area contributed by atoms with E-state index < -0.39 is 5.97 Å². The Bertz CT molecular complexity index is 415. The van der Waals surface area contributed by atoms with Crippen LogP contribution in [0, 0.1) is 0 Å². The van der Waals surface area contributed by atoms with Gasteiger partial charge in [0.05, 0.1) is 12.4 Å². The lowest BCUT2D eigenvalue weighted by atomic mass is 10.4. The van der Waals surface area contributed by atoms with Crippen LogP contribution in [0.1, 0.15) is 6.42 Å². The highest BCUT2D eigenvalue weighted by molar-refractivity contribution is 7.99. The molecule has 0 aliphatic carbocycles. The minimum absolute atomic E-state index is 0.00488. The Morgan fingerprint density at radius 2 is 2.28 bits per heavy atom. The molecule has 0 aromatic carbocycles. The predicted octanol–water partition coefficient (Wildman–Crippen LogP) is 0.218. The summed E-state index contributed by atoms with van der Waals surface area (Å²) in [4.78, 5) is 12.6. The minimum atomic E-state index is -0.854. The molecule has 0 radical (unpaired) electrons. The van der Waals surface area contributed by atoms with Crippen molar-refractivity contribution < 1.29 is 14.6 Å². The average molecular weight is 272 g/mol. The first kappa shape index (κ1) is 13.2. The van der Waals surface area contributed by atoms with E-state index in [0.29, 0.717) is 11.8 Å². The number of carboxylic acid groups (broad SMARTS) is 1. The molecule has 100 valence electrons. The molecule has 1 aliphatic heterocycles. The van der Waals surface area contributed by atoms with Gasteiger partial charge in [-0.1, -0.05) is 11.8 Å². The molecule has 1 N–H and O–H groups in total. The van der Waals surface area contributed by atoms with Crippen LogP contribution in [0.3, 0.4) is 0 Å². The summed E-state index contributed by atoms with van der Waals surface area (Å²) in [5, 5.41) is 17.4. The molecule has 0 saturated carbocycles. The number of aliphatic carboxylic acids is 1. The van der Waals surface area contributed by atoms with Crippen LogP contribution in [0.2, 0.25) is 0 Å². The Balaban J connectivity index is 2.06. The van der Waals surface area contributed by atoms with E-state index in [4.69, 9.17) is 9.84 Å². The van der Waals surface area contributed by atoms with Gasteiger partial charge in [0.25, 0.3) is 0 Å². The van der Waals surface area contributed by atoms with Gasteiger partial charge in [0, 0.05) is 26.7 Å².